The van der Waals surface area contributed by atoms with Crippen molar-refractivity contribution in [2.75, 3.05) is 26.2 Å². The predicted molar refractivity (Wildman–Crippen MR) is 140 cm³/mol. The smallest absolute Gasteiger partial charge is 0.387 e. The quantitative estimate of drug-likeness (QED) is 0.239. The Morgan fingerprint density at radius 2 is 1.50 bits per heavy atom. The average Bonchev–Trinajstić information content (AvgIpc) is 2.90. The van der Waals surface area contributed by atoms with E-state index in [0.717, 1.165) is 11.1 Å². The first-order valence-corrected chi connectivity index (χ1v) is 12.6. The Labute approximate surface area is 221 Å². The van der Waals surface area contributed by atoms with E-state index in [9.17, 15) is 23.2 Å². The fourth-order valence-electron chi connectivity index (χ4n) is 3.91. The summed E-state index contributed by atoms with van der Waals surface area (Å²) < 4.78 is 29.1. The van der Waals surface area contributed by atoms with Crippen molar-refractivity contribution >= 4 is 17.6 Å². The number of alkyl halides is 2. The van der Waals surface area contributed by atoms with E-state index < -0.39 is 24.6 Å². The number of aryl methyl sites for hydroxylation is 2. The van der Waals surface area contributed by atoms with Crippen molar-refractivity contribution in [3.8, 4) is 5.75 Å². The van der Waals surface area contributed by atoms with Gasteiger partial charge in [0.2, 0.25) is 11.8 Å². The molecule has 2 rings (SSSR count). The fourth-order valence-corrected chi connectivity index (χ4v) is 3.91. The van der Waals surface area contributed by atoms with Crippen molar-refractivity contribution in [1.82, 2.24) is 10.2 Å². The monoisotopic (exact) mass is 533 g/mol. The summed E-state index contributed by atoms with van der Waals surface area (Å²) in [5, 5.41) is 2.73. The maximum atomic E-state index is 13.1. The summed E-state index contributed by atoms with van der Waals surface area (Å²) in [6, 6.07) is 13.6. The number of carbonyl (C=O) groups is 3. The van der Waals surface area contributed by atoms with E-state index in [2.05, 4.69) is 10.1 Å². The molecule has 2 amide bonds. The Kier molecular flexibility index (Phi) is 13.3. The SMILES string of the molecule is NCCN(CCN)C(=O)C[C@H](N)C(=O)N[C@@H](CCc1ccccc1)C(=O)CCc1ccc(OC(F)F)cc1. The molecule has 0 aromatic heterocycles. The Morgan fingerprint density at radius 1 is 0.895 bits per heavy atom. The molecule has 0 unspecified atom stereocenters. The first kappa shape index (κ1) is 30.8. The van der Waals surface area contributed by atoms with Crippen LogP contribution in [0, 0.1) is 0 Å². The van der Waals surface area contributed by atoms with Crippen molar-refractivity contribution in [1.29, 1.82) is 0 Å². The molecule has 2 atom stereocenters. The number of nitrogens with two attached hydrogens (primary N) is 3. The molecule has 0 bridgehead atoms. The highest BCUT2D eigenvalue weighted by atomic mass is 19.3. The number of hydrogen-bond acceptors (Lipinski definition) is 7. The number of rotatable bonds is 17. The maximum Gasteiger partial charge on any atom is 0.387 e. The third-order valence-corrected chi connectivity index (χ3v) is 5.96. The minimum Gasteiger partial charge on any atom is -0.435 e. The molecule has 11 heteroatoms. The van der Waals surface area contributed by atoms with Crippen molar-refractivity contribution in [2.24, 2.45) is 17.2 Å². The van der Waals surface area contributed by atoms with Crippen LogP contribution in [0.1, 0.15) is 30.4 Å². The van der Waals surface area contributed by atoms with E-state index >= 15 is 0 Å². The van der Waals surface area contributed by atoms with Crippen LogP contribution < -0.4 is 27.3 Å². The van der Waals surface area contributed by atoms with Gasteiger partial charge in [0.05, 0.1) is 18.5 Å². The maximum absolute atomic E-state index is 13.1. The van der Waals surface area contributed by atoms with Crippen molar-refractivity contribution < 1.29 is 27.9 Å². The topological polar surface area (TPSA) is 154 Å². The van der Waals surface area contributed by atoms with E-state index in [1.165, 1.54) is 17.0 Å². The number of amides is 2. The summed E-state index contributed by atoms with van der Waals surface area (Å²) in [6.07, 6.45) is 1.13. The minimum absolute atomic E-state index is 0.0307. The Morgan fingerprint density at radius 3 is 2.08 bits per heavy atom. The summed E-state index contributed by atoms with van der Waals surface area (Å²) >= 11 is 0. The Balaban J connectivity index is 2.02. The number of carbonyl (C=O) groups excluding carboxylic acids is 3. The summed E-state index contributed by atoms with van der Waals surface area (Å²) in [7, 11) is 0. The van der Waals surface area contributed by atoms with Gasteiger partial charge in [0.25, 0.3) is 0 Å². The van der Waals surface area contributed by atoms with Gasteiger partial charge in [-0.15, -0.1) is 0 Å². The molecule has 0 aliphatic heterocycles. The number of ether oxygens (including phenoxy) is 1. The van der Waals surface area contributed by atoms with Gasteiger partial charge in [0.15, 0.2) is 5.78 Å². The molecule has 0 aliphatic carbocycles. The van der Waals surface area contributed by atoms with E-state index in [1.807, 2.05) is 30.3 Å². The lowest BCUT2D eigenvalue weighted by atomic mass is 9.97. The molecule has 7 N–H and O–H groups in total. The van der Waals surface area contributed by atoms with Gasteiger partial charge >= 0.3 is 6.61 Å². The Hall–Kier alpha value is -3.41. The fraction of sp³-hybridized carbons (Fsp3) is 0.444. The van der Waals surface area contributed by atoms with Gasteiger partial charge in [0, 0.05) is 32.6 Å². The number of hydrogen-bond donors (Lipinski definition) is 4. The van der Waals surface area contributed by atoms with Gasteiger partial charge < -0.3 is 32.2 Å². The minimum atomic E-state index is -2.91. The molecule has 2 aromatic carbocycles. The first-order valence-electron chi connectivity index (χ1n) is 12.6. The van der Waals surface area contributed by atoms with Crippen LogP contribution in [-0.2, 0) is 27.2 Å². The number of halogens is 2. The predicted octanol–water partition coefficient (Wildman–Crippen LogP) is 1.37. The van der Waals surface area contributed by atoms with Gasteiger partial charge in [-0.3, -0.25) is 14.4 Å². The second-order valence-electron chi connectivity index (χ2n) is 8.84. The highest BCUT2D eigenvalue weighted by molar-refractivity contribution is 5.93. The lowest BCUT2D eigenvalue weighted by Crippen LogP contribution is -2.51. The van der Waals surface area contributed by atoms with E-state index in [1.54, 1.807) is 12.1 Å². The summed E-state index contributed by atoms with van der Waals surface area (Å²) in [5.41, 5.74) is 18.9. The van der Waals surface area contributed by atoms with Crippen molar-refractivity contribution in [3.05, 3.63) is 65.7 Å². The van der Waals surface area contributed by atoms with Gasteiger partial charge in [-0.25, -0.2) is 0 Å². The molecule has 9 nitrogen and oxygen atoms in total. The van der Waals surface area contributed by atoms with Gasteiger partial charge in [-0.1, -0.05) is 42.5 Å². The van der Waals surface area contributed by atoms with Crippen LogP contribution >= 0.6 is 0 Å². The average molecular weight is 534 g/mol. The zero-order valence-electron chi connectivity index (χ0n) is 21.4. The van der Waals surface area contributed by atoms with Gasteiger partial charge in [0.1, 0.15) is 5.75 Å². The summed E-state index contributed by atoms with van der Waals surface area (Å²) in [6.45, 7) is -1.80. The molecule has 0 heterocycles. The number of Topliss-reactive ketones (excluding diaryl/α,β-unsaturated/α-hetero) is 1. The van der Waals surface area contributed by atoms with Crippen LogP contribution in [0.15, 0.2) is 54.6 Å². The molecule has 0 saturated heterocycles. The molecule has 0 fully saturated rings. The van der Waals surface area contributed by atoms with E-state index in [4.69, 9.17) is 17.2 Å². The van der Waals surface area contributed by atoms with E-state index in [0.29, 0.717) is 32.4 Å². The van der Waals surface area contributed by atoms with Crippen LogP contribution in [0.5, 0.6) is 5.75 Å². The second-order valence-corrected chi connectivity index (χ2v) is 8.84. The van der Waals surface area contributed by atoms with Crippen LogP contribution in [0.2, 0.25) is 0 Å². The molecule has 2 aromatic rings. The molecule has 38 heavy (non-hydrogen) atoms. The van der Waals surface area contributed by atoms with Crippen LogP contribution in [0.4, 0.5) is 8.78 Å². The molecular weight excluding hydrogens is 496 g/mol. The third kappa shape index (κ3) is 10.9. The molecule has 208 valence electrons. The van der Waals surface area contributed by atoms with E-state index in [-0.39, 0.29) is 43.4 Å². The lowest BCUT2D eigenvalue weighted by Gasteiger charge is -2.24. The van der Waals surface area contributed by atoms with Gasteiger partial charge in [-0.2, -0.15) is 8.78 Å². The number of benzene rings is 2. The summed E-state index contributed by atoms with van der Waals surface area (Å²) in [5.74, 6) is -1.11. The first-order chi connectivity index (χ1) is 18.2. The zero-order valence-corrected chi connectivity index (χ0v) is 21.4. The zero-order chi connectivity index (χ0) is 27.9. The van der Waals surface area contributed by atoms with Crippen molar-refractivity contribution in [2.45, 2.75) is 50.8 Å². The van der Waals surface area contributed by atoms with Crippen LogP contribution in [0.3, 0.4) is 0 Å². The lowest BCUT2D eigenvalue weighted by molar-refractivity contribution is -0.135. The van der Waals surface area contributed by atoms with Gasteiger partial charge in [-0.05, 0) is 42.5 Å². The van der Waals surface area contributed by atoms with Crippen molar-refractivity contribution in [3.63, 3.8) is 0 Å². The molecule has 0 saturated carbocycles. The van der Waals surface area contributed by atoms with Crippen LogP contribution in [-0.4, -0.2) is 67.4 Å². The summed E-state index contributed by atoms with van der Waals surface area (Å²) in [4.78, 5) is 40.0. The standard InChI is InChI=1S/C27H37F2N5O4/c28-27(29)38-21-10-6-20(7-11-21)9-13-24(35)23(12-8-19-4-2-1-3-5-19)33-26(37)22(32)18-25(36)34(16-14-30)17-15-31/h1-7,10-11,22-23,27H,8-9,12-18,30-32H2,(H,33,37)/t22-,23-/m0/s1. The largest absolute Gasteiger partial charge is 0.435 e. The molecule has 0 radical (unpaired) electrons. The number of nitrogens with zero attached hydrogens (tertiary/aromatic N) is 1. The normalized spacial score (nSPS) is 12.6. The second kappa shape index (κ2) is 16.4. The third-order valence-electron chi connectivity index (χ3n) is 5.96. The highest BCUT2D eigenvalue weighted by Crippen LogP contribution is 2.17. The number of nitrogens with one attached hydrogen (secondary N) is 1. The molecule has 0 spiro atoms. The highest BCUT2D eigenvalue weighted by Gasteiger charge is 2.26. The molecule has 0 aliphatic rings. The number of ketones is 1. The van der Waals surface area contributed by atoms with Crippen LogP contribution in [0.25, 0.3) is 0 Å². The molecular formula is C27H37F2N5O4. The Bertz CT molecular complexity index is 1000.